The smallest absolute Gasteiger partial charge is 0.123 e. The van der Waals surface area contributed by atoms with Gasteiger partial charge in [-0.15, -0.1) is 0 Å². The molecule has 1 unspecified atom stereocenters. The lowest BCUT2D eigenvalue weighted by molar-refractivity contribution is -0.0842. The van der Waals surface area contributed by atoms with E-state index in [0.717, 1.165) is 0 Å². The number of hydrazine groups is 1. The zero-order valence-electron chi connectivity index (χ0n) is 6.91. The number of hydrogen-bond acceptors (Lipinski definition) is 3. The molecule has 0 aromatic heterocycles. The minimum absolute atomic E-state index is 0.414. The van der Waals surface area contributed by atoms with Gasteiger partial charge in [0, 0.05) is 20.3 Å². The van der Waals surface area contributed by atoms with Gasteiger partial charge in [0.25, 0.3) is 0 Å². The van der Waals surface area contributed by atoms with E-state index >= 15 is 0 Å². The third-order valence-corrected chi connectivity index (χ3v) is 1.56. The molecule has 0 spiro atoms. The molecule has 0 amide bonds. The van der Waals surface area contributed by atoms with Crippen molar-refractivity contribution >= 4 is 0 Å². The number of nitrogens with zero attached hydrogens (tertiary/aromatic N) is 2. The summed E-state index contributed by atoms with van der Waals surface area (Å²) in [6.07, 6.45) is 1.95. The second-order valence-electron chi connectivity index (χ2n) is 2.22. The molecular weight excluding hydrogens is 128 g/mol. The molecule has 0 radical (unpaired) electrons. The summed E-state index contributed by atoms with van der Waals surface area (Å²) in [5, 5.41) is 12.7. The third kappa shape index (κ3) is 2.37. The topological polar surface area (TPSA) is 26.7 Å². The standard InChI is InChI=1S/C7H16N2O/c1-5-7(10)9(4)8(3)6-2/h6-7,10H,2,5H2,1,3-4H3. The summed E-state index contributed by atoms with van der Waals surface area (Å²) in [5.41, 5.74) is 0. The highest BCUT2D eigenvalue weighted by Crippen LogP contribution is 1.99. The van der Waals surface area contributed by atoms with Crippen LogP contribution in [0.4, 0.5) is 0 Å². The van der Waals surface area contributed by atoms with Crippen LogP contribution in [-0.2, 0) is 0 Å². The van der Waals surface area contributed by atoms with Gasteiger partial charge in [-0.3, -0.25) is 0 Å². The van der Waals surface area contributed by atoms with Crippen molar-refractivity contribution in [1.29, 1.82) is 0 Å². The number of aliphatic hydroxyl groups excluding tert-OH is 1. The largest absolute Gasteiger partial charge is 0.377 e. The molecule has 0 saturated heterocycles. The van der Waals surface area contributed by atoms with Gasteiger partial charge in [-0.2, -0.15) is 5.01 Å². The molecule has 0 heterocycles. The van der Waals surface area contributed by atoms with Crippen molar-refractivity contribution in [1.82, 2.24) is 10.0 Å². The highest BCUT2D eigenvalue weighted by molar-refractivity contribution is 4.64. The Bertz CT molecular complexity index is 106. The Kier molecular flexibility index (Phi) is 4.07. The summed E-state index contributed by atoms with van der Waals surface area (Å²) in [4.78, 5) is 0. The van der Waals surface area contributed by atoms with Crippen LogP contribution in [0.5, 0.6) is 0 Å². The normalized spacial score (nSPS) is 13.3. The summed E-state index contributed by atoms with van der Waals surface area (Å²) in [6.45, 7) is 5.50. The van der Waals surface area contributed by atoms with Crippen LogP contribution in [0.1, 0.15) is 13.3 Å². The van der Waals surface area contributed by atoms with Crippen molar-refractivity contribution in [2.75, 3.05) is 14.1 Å². The maximum atomic E-state index is 9.26. The van der Waals surface area contributed by atoms with E-state index in [1.807, 2.05) is 21.0 Å². The van der Waals surface area contributed by atoms with Crippen LogP contribution in [0.15, 0.2) is 12.8 Å². The van der Waals surface area contributed by atoms with Crippen molar-refractivity contribution < 1.29 is 5.11 Å². The van der Waals surface area contributed by atoms with Gasteiger partial charge in [0.1, 0.15) is 6.23 Å². The fourth-order valence-corrected chi connectivity index (χ4v) is 0.603. The first-order valence-electron chi connectivity index (χ1n) is 3.39. The Morgan fingerprint density at radius 1 is 1.60 bits per heavy atom. The highest BCUT2D eigenvalue weighted by atomic mass is 16.3. The second-order valence-corrected chi connectivity index (χ2v) is 2.22. The second kappa shape index (κ2) is 4.30. The SMILES string of the molecule is C=CN(C)N(C)C(O)CC. The van der Waals surface area contributed by atoms with Crippen molar-refractivity contribution in [3.63, 3.8) is 0 Å². The summed E-state index contributed by atoms with van der Waals surface area (Å²) in [5.74, 6) is 0. The fraction of sp³-hybridized carbons (Fsp3) is 0.714. The first-order valence-corrected chi connectivity index (χ1v) is 3.39. The maximum Gasteiger partial charge on any atom is 0.123 e. The van der Waals surface area contributed by atoms with Crippen LogP contribution in [-0.4, -0.2) is 35.4 Å². The molecule has 1 N–H and O–H groups in total. The Labute approximate surface area is 62.5 Å². The Balaban J connectivity index is 3.80. The van der Waals surface area contributed by atoms with Gasteiger partial charge in [0.2, 0.25) is 0 Å². The van der Waals surface area contributed by atoms with E-state index in [0.29, 0.717) is 6.42 Å². The molecule has 3 heteroatoms. The molecule has 0 aromatic carbocycles. The van der Waals surface area contributed by atoms with E-state index in [9.17, 15) is 5.11 Å². The molecule has 0 rings (SSSR count). The van der Waals surface area contributed by atoms with E-state index in [1.54, 1.807) is 16.2 Å². The van der Waals surface area contributed by atoms with Gasteiger partial charge in [-0.1, -0.05) is 13.5 Å². The van der Waals surface area contributed by atoms with Crippen molar-refractivity contribution in [3.8, 4) is 0 Å². The summed E-state index contributed by atoms with van der Waals surface area (Å²) < 4.78 is 0. The first kappa shape index (κ1) is 9.46. The molecule has 10 heavy (non-hydrogen) atoms. The van der Waals surface area contributed by atoms with Gasteiger partial charge in [-0.25, -0.2) is 0 Å². The van der Waals surface area contributed by atoms with E-state index < -0.39 is 6.23 Å². The molecule has 0 aliphatic carbocycles. The van der Waals surface area contributed by atoms with Crippen LogP contribution in [0.2, 0.25) is 0 Å². The van der Waals surface area contributed by atoms with E-state index in [2.05, 4.69) is 6.58 Å². The fourth-order valence-electron chi connectivity index (χ4n) is 0.603. The molecule has 60 valence electrons. The molecule has 0 saturated carbocycles. The van der Waals surface area contributed by atoms with Crippen molar-refractivity contribution in [2.24, 2.45) is 0 Å². The lowest BCUT2D eigenvalue weighted by atomic mass is 10.4. The third-order valence-electron chi connectivity index (χ3n) is 1.56. The lowest BCUT2D eigenvalue weighted by Crippen LogP contribution is -2.40. The predicted molar refractivity (Wildman–Crippen MR) is 42.0 cm³/mol. The zero-order valence-corrected chi connectivity index (χ0v) is 6.91. The molecule has 0 aliphatic rings. The van der Waals surface area contributed by atoms with E-state index in [4.69, 9.17) is 0 Å². The average molecular weight is 144 g/mol. The monoisotopic (exact) mass is 144 g/mol. The first-order chi connectivity index (χ1) is 4.63. The maximum absolute atomic E-state index is 9.26. The van der Waals surface area contributed by atoms with Gasteiger partial charge < -0.3 is 10.1 Å². The Morgan fingerprint density at radius 3 is 2.40 bits per heavy atom. The number of hydrogen-bond donors (Lipinski definition) is 1. The van der Waals surface area contributed by atoms with Crippen LogP contribution in [0.25, 0.3) is 0 Å². The average Bonchev–Trinajstić information content (AvgIpc) is 2.00. The molecule has 0 bridgehead atoms. The lowest BCUT2D eigenvalue weighted by Gasteiger charge is -2.30. The zero-order chi connectivity index (χ0) is 8.15. The van der Waals surface area contributed by atoms with Crippen molar-refractivity contribution in [3.05, 3.63) is 12.8 Å². The highest BCUT2D eigenvalue weighted by Gasteiger charge is 2.09. The molecule has 0 fully saturated rings. The minimum Gasteiger partial charge on any atom is -0.377 e. The van der Waals surface area contributed by atoms with Gasteiger partial charge in [0.15, 0.2) is 0 Å². The molecule has 1 atom stereocenters. The predicted octanol–water partition coefficient (Wildman–Crippen LogP) is 0.637. The van der Waals surface area contributed by atoms with Crippen LogP contribution in [0.3, 0.4) is 0 Å². The number of aliphatic hydroxyl groups is 1. The van der Waals surface area contributed by atoms with Gasteiger partial charge in [0.05, 0.1) is 0 Å². The van der Waals surface area contributed by atoms with E-state index in [1.165, 1.54) is 0 Å². The van der Waals surface area contributed by atoms with Crippen LogP contribution >= 0.6 is 0 Å². The minimum atomic E-state index is -0.414. The van der Waals surface area contributed by atoms with Crippen molar-refractivity contribution in [2.45, 2.75) is 19.6 Å². The quantitative estimate of drug-likeness (QED) is 0.463. The molecule has 0 aromatic rings. The van der Waals surface area contributed by atoms with Crippen LogP contribution in [0, 0.1) is 0 Å². The molecule has 0 aliphatic heterocycles. The van der Waals surface area contributed by atoms with Gasteiger partial charge >= 0.3 is 0 Å². The summed E-state index contributed by atoms with van der Waals surface area (Å²) >= 11 is 0. The molecule has 3 nitrogen and oxygen atoms in total. The summed E-state index contributed by atoms with van der Waals surface area (Å²) in [6, 6.07) is 0. The molecular formula is C7H16N2O. The van der Waals surface area contributed by atoms with Crippen LogP contribution < -0.4 is 0 Å². The Morgan fingerprint density at radius 2 is 2.10 bits per heavy atom. The van der Waals surface area contributed by atoms with E-state index in [-0.39, 0.29) is 0 Å². The Hall–Kier alpha value is -0.540. The van der Waals surface area contributed by atoms with Gasteiger partial charge in [-0.05, 0) is 6.42 Å². The summed E-state index contributed by atoms with van der Waals surface area (Å²) in [7, 11) is 3.65. The number of rotatable bonds is 4.